The number of quaternary nitrogens is 1. The number of hydrogen-bond donors (Lipinski definition) is 1. The molecule has 6 heteroatoms. The minimum Gasteiger partial charge on any atom is -0.313 e. The van der Waals surface area contributed by atoms with Crippen molar-refractivity contribution in [2.75, 3.05) is 6.54 Å². The zero-order chi connectivity index (χ0) is 20.8. The Hall–Kier alpha value is -3.09. The van der Waals surface area contributed by atoms with Crippen LogP contribution in [0.4, 0.5) is 0 Å². The second-order valence-electron chi connectivity index (χ2n) is 7.34. The zero-order valence-corrected chi connectivity index (χ0v) is 17.9. The molecule has 0 aliphatic rings. The summed E-state index contributed by atoms with van der Waals surface area (Å²) in [6.45, 7) is 5.55. The van der Waals surface area contributed by atoms with Gasteiger partial charge >= 0.3 is 0 Å². The summed E-state index contributed by atoms with van der Waals surface area (Å²) in [7, 11) is 0. The van der Waals surface area contributed by atoms with Crippen LogP contribution in [0.15, 0.2) is 85.2 Å². The normalized spacial score (nSPS) is 12.0. The summed E-state index contributed by atoms with van der Waals surface area (Å²) in [6.07, 6.45) is 3.59. The molecule has 1 unspecified atom stereocenters. The van der Waals surface area contributed by atoms with E-state index in [0.717, 1.165) is 35.9 Å². The summed E-state index contributed by atoms with van der Waals surface area (Å²) in [4.78, 5) is 5.55. The Labute approximate surface area is 182 Å². The van der Waals surface area contributed by atoms with Crippen molar-refractivity contribution in [1.82, 2.24) is 19.3 Å². The first-order valence-corrected chi connectivity index (χ1v) is 10.6. The number of benzene rings is 2. The number of aromatic nitrogens is 4. The van der Waals surface area contributed by atoms with Crippen molar-refractivity contribution in [2.45, 2.75) is 26.7 Å². The molecular formula is C24H26N5S+. The fourth-order valence-electron chi connectivity index (χ4n) is 3.56. The van der Waals surface area contributed by atoms with Gasteiger partial charge in [0.25, 0.3) is 0 Å². The Morgan fingerprint density at radius 3 is 2.13 bits per heavy atom. The van der Waals surface area contributed by atoms with Crippen molar-refractivity contribution in [1.29, 1.82) is 0 Å². The summed E-state index contributed by atoms with van der Waals surface area (Å²) >= 11 is 5.88. The van der Waals surface area contributed by atoms with E-state index in [1.807, 2.05) is 22.9 Å². The number of pyridine rings is 1. The molecule has 4 aromatic rings. The van der Waals surface area contributed by atoms with Gasteiger partial charge in [-0.2, -0.15) is 4.68 Å². The molecule has 0 radical (unpaired) electrons. The molecule has 4 rings (SSSR count). The van der Waals surface area contributed by atoms with Gasteiger partial charge in [-0.15, -0.1) is 5.10 Å². The van der Waals surface area contributed by atoms with Crippen molar-refractivity contribution in [2.24, 2.45) is 0 Å². The first kappa shape index (κ1) is 20.2. The molecule has 0 aliphatic heterocycles. The highest BCUT2D eigenvalue weighted by molar-refractivity contribution is 7.71. The minimum atomic E-state index is 0.692. The van der Waals surface area contributed by atoms with Crippen molar-refractivity contribution in [3.8, 4) is 11.4 Å². The second-order valence-corrected chi connectivity index (χ2v) is 7.70. The van der Waals surface area contributed by atoms with E-state index in [1.54, 1.807) is 12.4 Å². The van der Waals surface area contributed by atoms with E-state index in [0.29, 0.717) is 6.54 Å². The maximum Gasteiger partial charge on any atom is 0.203 e. The number of nitrogens with one attached hydrogen (secondary N) is 1. The summed E-state index contributed by atoms with van der Waals surface area (Å²) < 4.78 is 4.83. The average molecular weight is 417 g/mol. The van der Waals surface area contributed by atoms with Gasteiger partial charge in [-0.1, -0.05) is 60.7 Å². The maximum absolute atomic E-state index is 5.88. The third kappa shape index (κ3) is 4.72. The lowest BCUT2D eigenvalue weighted by molar-refractivity contribution is -0.935. The smallest absolute Gasteiger partial charge is 0.203 e. The molecule has 0 aliphatic carbocycles. The van der Waals surface area contributed by atoms with Crippen LogP contribution in [-0.4, -0.2) is 25.9 Å². The third-order valence-corrected chi connectivity index (χ3v) is 5.65. The van der Waals surface area contributed by atoms with Gasteiger partial charge in [0.15, 0.2) is 12.5 Å². The van der Waals surface area contributed by atoms with Gasteiger partial charge in [-0.25, -0.2) is 0 Å². The van der Waals surface area contributed by atoms with Crippen molar-refractivity contribution < 1.29 is 4.90 Å². The Bertz CT molecular complexity index is 1120. The molecule has 0 saturated carbocycles. The SMILES string of the molecule is CC[NH+](Cc1ccccc1)Cn1nc(-c2ccncc2)n(Cc2ccccc2)c1=S. The fraction of sp³-hybridized carbons (Fsp3) is 0.208. The monoisotopic (exact) mass is 416 g/mol. The first-order valence-electron chi connectivity index (χ1n) is 10.2. The molecule has 2 aromatic heterocycles. The van der Waals surface area contributed by atoms with Gasteiger partial charge in [0, 0.05) is 23.5 Å². The second kappa shape index (κ2) is 9.61. The molecule has 0 amide bonds. The molecule has 30 heavy (non-hydrogen) atoms. The van der Waals surface area contributed by atoms with Crippen LogP contribution in [0.2, 0.25) is 0 Å². The molecular weight excluding hydrogens is 390 g/mol. The van der Waals surface area contributed by atoms with Gasteiger partial charge in [-0.05, 0) is 36.8 Å². The molecule has 0 fully saturated rings. The van der Waals surface area contributed by atoms with Crippen LogP contribution >= 0.6 is 12.2 Å². The highest BCUT2D eigenvalue weighted by Gasteiger charge is 2.17. The zero-order valence-electron chi connectivity index (χ0n) is 17.1. The van der Waals surface area contributed by atoms with E-state index >= 15 is 0 Å². The number of hydrogen-bond acceptors (Lipinski definition) is 3. The van der Waals surface area contributed by atoms with Gasteiger partial charge in [0.2, 0.25) is 4.77 Å². The average Bonchev–Trinajstić information content (AvgIpc) is 3.10. The van der Waals surface area contributed by atoms with Crippen LogP contribution in [-0.2, 0) is 19.8 Å². The molecule has 0 spiro atoms. The van der Waals surface area contributed by atoms with Gasteiger partial charge < -0.3 is 4.90 Å². The topological polar surface area (TPSA) is 40.1 Å². The molecule has 5 nitrogen and oxygen atoms in total. The molecule has 1 atom stereocenters. The predicted octanol–water partition coefficient (Wildman–Crippen LogP) is 3.59. The Balaban J connectivity index is 1.67. The minimum absolute atomic E-state index is 0.692. The van der Waals surface area contributed by atoms with E-state index in [4.69, 9.17) is 17.3 Å². The largest absolute Gasteiger partial charge is 0.313 e. The lowest BCUT2D eigenvalue weighted by atomic mass is 10.2. The summed E-state index contributed by atoms with van der Waals surface area (Å²) in [6, 6.07) is 24.9. The van der Waals surface area contributed by atoms with E-state index in [-0.39, 0.29) is 0 Å². The van der Waals surface area contributed by atoms with Crippen LogP contribution in [0.1, 0.15) is 18.1 Å². The summed E-state index contributed by atoms with van der Waals surface area (Å²) in [5.74, 6) is 0.876. The molecule has 2 heterocycles. The summed E-state index contributed by atoms with van der Waals surface area (Å²) in [5.41, 5.74) is 3.54. The van der Waals surface area contributed by atoms with Crippen molar-refractivity contribution in [3.05, 3.63) is 101 Å². The first-order chi connectivity index (χ1) is 14.7. The standard InChI is InChI=1S/C24H25N5S/c1-2-27(17-20-9-5-3-6-10-20)19-29-24(30)28(18-21-11-7-4-8-12-21)23(26-29)22-13-15-25-16-14-22/h3-16H,2,17-19H2,1H3/p+1. The van der Waals surface area contributed by atoms with Crippen LogP contribution < -0.4 is 4.90 Å². The van der Waals surface area contributed by atoms with Gasteiger partial charge in [0.05, 0.1) is 13.1 Å². The molecule has 1 N–H and O–H groups in total. The van der Waals surface area contributed by atoms with E-state index < -0.39 is 0 Å². The van der Waals surface area contributed by atoms with Crippen molar-refractivity contribution in [3.63, 3.8) is 0 Å². The molecule has 0 bridgehead atoms. The van der Waals surface area contributed by atoms with Crippen LogP contribution in [0.3, 0.4) is 0 Å². The van der Waals surface area contributed by atoms with E-state index in [2.05, 4.69) is 71.1 Å². The van der Waals surface area contributed by atoms with Gasteiger partial charge in [-0.3, -0.25) is 9.55 Å². The summed E-state index contributed by atoms with van der Waals surface area (Å²) in [5, 5.41) is 4.93. The van der Waals surface area contributed by atoms with Crippen LogP contribution in [0.5, 0.6) is 0 Å². The highest BCUT2D eigenvalue weighted by Crippen LogP contribution is 2.19. The van der Waals surface area contributed by atoms with E-state index in [1.165, 1.54) is 16.0 Å². The maximum atomic E-state index is 5.88. The Morgan fingerprint density at radius 2 is 1.50 bits per heavy atom. The quantitative estimate of drug-likeness (QED) is 0.446. The lowest BCUT2D eigenvalue weighted by Crippen LogP contribution is -3.09. The van der Waals surface area contributed by atoms with E-state index in [9.17, 15) is 0 Å². The predicted molar refractivity (Wildman–Crippen MR) is 121 cm³/mol. The fourth-order valence-corrected chi connectivity index (χ4v) is 3.81. The lowest BCUT2D eigenvalue weighted by Gasteiger charge is -2.17. The number of nitrogens with zero attached hydrogens (tertiary/aromatic N) is 4. The highest BCUT2D eigenvalue weighted by atomic mass is 32.1. The van der Waals surface area contributed by atoms with Crippen LogP contribution in [0, 0.1) is 4.77 Å². The molecule has 152 valence electrons. The van der Waals surface area contributed by atoms with Crippen molar-refractivity contribution >= 4 is 12.2 Å². The number of rotatable bonds is 8. The third-order valence-electron chi connectivity index (χ3n) is 5.22. The Morgan fingerprint density at radius 1 is 0.867 bits per heavy atom. The molecule has 0 saturated heterocycles. The van der Waals surface area contributed by atoms with Crippen LogP contribution in [0.25, 0.3) is 11.4 Å². The van der Waals surface area contributed by atoms with Gasteiger partial charge in [0.1, 0.15) is 6.54 Å². The Kier molecular flexibility index (Phi) is 6.47. The molecule has 2 aromatic carbocycles.